The Morgan fingerprint density at radius 2 is 0.832 bits per heavy atom. The van der Waals surface area contributed by atoms with Crippen LogP contribution in [0.3, 0.4) is 0 Å². The van der Waals surface area contributed by atoms with E-state index in [4.69, 9.17) is 4.42 Å². The van der Waals surface area contributed by atoms with Gasteiger partial charge < -0.3 is 57.6 Å². The van der Waals surface area contributed by atoms with Crippen LogP contribution < -0.4 is 53.2 Å². The fraction of sp³-hybridized carbons (Fsp3) is 0.376. The lowest BCUT2D eigenvalue weighted by molar-refractivity contribution is 0.0981. The fourth-order valence-corrected chi connectivity index (χ4v) is 17.7. The molecule has 13 aromatic rings. The zero-order valence-electron chi connectivity index (χ0n) is 88.3. The van der Waals surface area contributed by atoms with Crippen molar-refractivity contribution >= 4 is 190 Å². The van der Waals surface area contributed by atoms with Gasteiger partial charge in [-0.05, 0) is 216 Å². The number of carbonyl (C=O) groups excluding carboxylic acids is 9. The van der Waals surface area contributed by atoms with Crippen molar-refractivity contribution in [3.63, 3.8) is 0 Å². The van der Waals surface area contributed by atoms with Gasteiger partial charge in [0.25, 0.3) is 0 Å². The number of aromatic nitrogens is 4. The number of Topliss-reactive ketones (excluding diaryl/α,β-unsaturated/α-hetero) is 9. The van der Waals surface area contributed by atoms with Crippen molar-refractivity contribution in [2.75, 3.05) is 124 Å². The van der Waals surface area contributed by atoms with Gasteiger partial charge in [-0.15, -0.1) is 45.3 Å². The van der Waals surface area contributed by atoms with Gasteiger partial charge in [-0.3, -0.25) is 47.8 Å². The molecule has 0 aliphatic heterocycles. The second-order valence-electron chi connectivity index (χ2n) is 29.7. The SMILES string of the molecule is C.C=C(C)c1c(C)nn(C)c1NC.CC.CC.CC.CC.CNc1c(C(C)=O)oc(C)c1C.CNc1c(C(C)=O)sc(C)c1C.CNc1c(C(C)=O)sc2ccccc12.CNc1c(C(C)=O)sc2ncccc12.CNc1c(C)cccc1C(C)=O.CNc1cc(C)c(C)cc1C(C)=O.CNc1cc2ccccc2cc1C(C)=O.CNc1ccc(C)nc1C(C)=O.CNc1sc(C)c(C)c1C(C)=O. The number of para-hydroxylation sites is 1. The number of furan rings is 1. The number of hydrogen-bond acceptors (Lipinski definition) is 27. The molecule has 8 heterocycles. The molecule has 137 heavy (non-hydrogen) atoms. The molecule has 13 rings (SSSR count). The van der Waals surface area contributed by atoms with E-state index < -0.39 is 0 Å². The molecule has 5 aromatic carbocycles. The van der Waals surface area contributed by atoms with Crippen LogP contribution in [0.2, 0.25) is 0 Å². The molecule has 0 spiro atoms. The van der Waals surface area contributed by atoms with E-state index in [0.29, 0.717) is 11.5 Å². The molecule has 0 aliphatic rings. The zero-order chi connectivity index (χ0) is 105. The molecule has 0 saturated carbocycles. The van der Waals surface area contributed by atoms with Crippen LogP contribution in [0.1, 0.15) is 289 Å². The Morgan fingerprint density at radius 3 is 1.26 bits per heavy atom. The second kappa shape index (κ2) is 64.3. The van der Waals surface area contributed by atoms with Gasteiger partial charge in [-0.1, -0.05) is 124 Å². The third-order valence-electron chi connectivity index (χ3n) is 20.3. The predicted molar refractivity (Wildman–Crippen MR) is 598 cm³/mol. The van der Waals surface area contributed by atoms with E-state index in [1.54, 1.807) is 103 Å². The van der Waals surface area contributed by atoms with E-state index in [9.17, 15) is 43.2 Å². The average molecular weight is 1950 g/mol. The van der Waals surface area contributed by atoms with Gasteiger partial charge in [0.05, 0.1) is 59.3 Å². The minimum Gasteiger partial charge on any atom is -0.456 e. The molecule has 24 nitrogen and oxygen atoms in total. The Balaban J connectivity index is 0. The number of nitrogens with one attached hydrogen (secondary N) is 10. The number of hydrogen-bond donors (Lipinski definition) is 10. The van der Waals surface area contributed by atoms with Gasteiger partial charge in [-0.2, -0.15) is 5.10 Å². The Bertz CT molecular complexity index is 5950. The summed E-state index contributed by atoms with van der Waals surface area (Å²) in [6.07, 6.45) is 1.74. The number of anilines is 10. The summed E-state index contributed by atoms with van der Waals surface area (Å²) in [6.45, 7) is 57.8. The highest BCUT2D eigenvalue weighted by atomic mass is 32.1. The number of carbonyl (C=O) groups is 9. The van der Waals surface area contributed by atoms with Crippen molar-refractivity contribution in [3.05, 3.63) is 242 Å². The molecule has 0 atom stereocenters. The van der Waals surface area contributed by atoms with Crippen molar-refractivity contribution in [2.24, 2.45) is 7.05 Å². The van der Waals surface area contributed by atoms with Gasteiger partial charge >= 0.3 is 0 Å². The summed E-state index contributed by atoms with van der Waals surface area (Å²) in [5, 5.41) is 40.0. The van der Waals surface area contributed by atoms with Crippen LogP contribution in [0.4, 0.5) is 56.3 Å². The van der Waals surface area contributed by atoms with Crippen molar-refractivity contribution < 1.29 is 47.6 Å². The first kappa shape index (κ1) is 126. The molecule has 0 aliphatic carbocycles. The number of allylic oxidation sites excluding steroid dienone is 1. The van der Waals surface area contributed by atoms with Gasteiger partial charge in [0.1, 0.15) is 22.1 Å². The molecule has 10 N–H and O–H groups in total. The second-order valence-corrected chi connectivity index (χ2v) is 34.2. The van der Waals surface area contributed by atoms with Crippen LogP contribution in [0.25, 0.3) is 36.6 Å². The van der Waals surface area contributed by atoms with Gasteiger partial charge in [0.2, 0.25) is 0 Å². The molecule has 0 unspecified atom stereocenters. The predicted octanol–water partition coefficient (Wildman–Crippen LogP) is 29.1. The van der Waals surface area contributed by atoms with Crippen LogP contribution in [-0.4, -0.2) is 142 Å². The van der Waals surface area contributed by atoms with E-state index in [0.717, 1.165) is 175 Å². The Labute approximate surface area is 833 Å². The summed E-state index contributed by atoms with van der Waals surface area (Å²) >= 11 is 6.18. The van der Waals surface area contributed by atoms with Gasteiger partial charge in [0.15, 0.2) is 57.8 Å². The minimum absolute atomic E-state index is 0. The van der Waals surface area contributed by atoms with E-state index in [-0.39, 0.29) is 59.5 Å². The van der Waals surface area contributed by atoms with Crippen LogP contribution in [0.15, 0.2) is 132 Å². The third kappa shape index (κ3) is 36.3. The number of thiophene rings is 4. The maximum absolute atomic E-state index is 11.4. The van der Waals surface area contributed by atoms with Crippen molar-refractivity contribution in [2.45, 2.75) is 208 Å². The number of benzene rings is 5. The minimum atomic E-state index is -0.0458. The van der Waals surface area contributed by atoms with Crippen LogP contribution >= 0.6 is 45.3 Å². The number of pyridine rings is 2. The number of nitrogens with zero attached hydrogens (tertiary/aromatic N) is 4. The molecule has 28 heteroatoms. The number of aryl methyl sites for hydroxylation is 9. The topological polar surface area (TPSA) is 331 Å². The molecule has 0 bridgehead atoms. The first-order valence-electron chi connectivity index (χ1n) is 45.3. The maximum atomic E-state index is 11.4. The molecule has 746 valence electrons. The standard InChI is InChI=1S/C13H13NO.C11H11NOS.C11H15NO.C10H10N2OS.C10H13NO.C9H15N3.C9H12N2O.C9H13NO2.2C9H13NOS.4C2H6.CH4/c1-9(15)12-7-10-5-3-4-6-11(10)8-13(12)14-2;1-7(13)11-10(12-2)8-5-3-4-6-9(8)14-11;1-7-5-10(9(3)13)11(12-4)6-8(7)2;1-6(13)9-8(11-2)7-4-3-5-12-10(7)14-9;1-7-5-4-6-9(8(2)12)10(7)11-3;1-6(2)8-7(3)11-12(5)9(8)10-4;1-6-4-5-8(10-3)9(11-6)7(2)12;2*1-5-7(3)12-9(6(2)11)8(5)10-4;1-5-7(3)12-9(10-4)8(5)6(2)11;4*1-2;/h3-8,14H,1-2H3;3-6,12H,1-2H3;5-6,12H,1-4H3;3-5,11H,1-2H3;4-6,11H,1-3H3;10H,1H2,2-5H3;4-5,10H,1-3H3;3*10H,1-4H3;4*1-2H3;1H4. The monoisotopic (exact) mass is 1950 g/mol. The van der Waals surface area contributed by atoms with E-state index in [2.05, 4.69) is 74.8 Å². The third-order valence-corrected chi connectivity index (χ3v) is 25.3. The van der Waals surface area contributed by atoms with E-state index in [1.807, 2.05) is 322 Å². The molecular formula is C109H156N14O10S4. The average Bonchev–Trinajstić information content (AvgIpc) is 1.50. The largest absolute Gasteiger partial charge is 0.456 e. The summed E-state index contributed by atoms with van der Waals surface area (Å²) in [7, 11) is 20.2. The highest BCUT2D eigenvalue weighted by molar-refractivity contribution is 7.22. The van der Waals surface area contributed by atoms with Crippen molar-refractivity contribution in [1.82, 2.24) is 19.7 Å². The number of fused-ring (bicyclic) bond motifs is 3. The normalized spacial score (nSPS) is 9.55. The quantitative estimate of drug-likeness (QED) is 0.0317. The summed E-state index contributed by atoms with van der Waals surface area (Å²) in [6, 6.07) is 37.2. The first-order valence-corrected chi connectivity index (χ1v) is 48.6. The first-order chi connectivity index (χ1) is 64.4. The lowest BCUT2D eigenvalue weighted by atomic mass is 10.0. The Morgan fingerprint density at radius 1 is 0.372 bits per heavy atom. The highest BCUT2D eigenvalue weighted by Gasteiger charge is 2.21. The van der Waals surface area contributed by atoms with Crippen molar-refractivity contribution in [3.8, 4) is 0 Å². The van der Waals surface area contributed by atoms with Gasteiger partial charge in [0, 0.05) is 194 Å². The summed E-state index contributed by atoms with van der Waals surface area (Å²) in [5.41, 5.74) is 21.6. The zero-order valence-corrected chi connectivity index (χ0v) is 91.5. The van der Waals surface area contributed by atoms with Crippen LogP contribution in [-0.2, 0) is 7.05 Å². The lowest BCUT2D eigenvalue weighted by Crippen LogP contribution is -2.04. The Hall–Kier alpha value is -12.8. The molecule has 0 radical (unpaired) electrons. The lowest BCUT2D eigenvalue weighted by Gasteiger charge is -2.09. The molecule has 8 aromatic heterocycles. The van der Waals surface area contributed by atoms with Crippen LogP contribution in [0, 0.1) is 76.2 Å². The molecule has 0 fully saturated rings. The maximum Gasteiger partial charge on any atom is 0.197 e. The smallest absolute Gasteiger partial charge is 0.197 e. The van der Waals surface area contributed by atoms with Crippen molar-refractivity contribution in [1.29, 1.82) is 0 Å². The highest BCUT2D eigenvalue weighted by Crippen LogP contribution is 2.38. The molecular weight excluding hydrogens is 1790 g/mol. The van der Waals surface area contributed by atoms with E-state index in [1.165, 1.54) is 46.1 Å². The molecule has 0 saturated heterocycles. The van der Waals surface area contributed by atoms with Crippen LogP contribution in [0.5, 0.6) is 0 Å². The van der Waals surface area contributed by atoms with Gasteiger partial charge in [-0.25, -0.2) is 9.97 Å². The number of ketones is 9. The molecule has 0 amide bonds. The summed E-state index contributed by atoms with van der Waals surface area (Å²) in [5.74, 6) is 2.96. The summed E-state index contributed by atoms with van der Waals surface area (Å²) < 4.78 is 8.27. The fourth-order valence-electron chi connectivity index (χ4n) is 13.4. The number of rotatable bonds is 20. The van der Waals surface area contributed by atoms with E-state index >= 15 is 0 Å². The Kier molecular flexibility index (Phi) is 59.3. The summed E-state index contributed by atoms with van der Waals surface area (Å²) in [4.78, 5) is 115.